The zero-order chi connectivity index (χ0) is 20.2. The van der Waals surface area contributed by atoms with Gasteiger partial charge in [0.2, 0.25) is 0 Å². The first kappa shape index (κ1) is 26.4. The fraction of sp³-hybridized carbons (Fsp3) is 0.958. The van der Waals surface area contributed by atoms with Crippen molar-refractivity contribution in [1.29, 1.82) is 0 Å². The summed E-state index contributed by atoms with van der Waals surface area (Å²) < 4.78 is 0.605. The summed E-state index contributed by atoms with van der Waals surface area (Å²) in [6.45, 7) is 3.50. The third-order valence-corrected chi connectivity index (χ3v) is 5.68. The molecule has 0 saturated carbocycles. The minimum absolute atomic E-state index is 0.235. The first-order valence-corrected chi connectivity index (χ1v) is 12.0. The molecular formula is C24H50NO2+. The minimum Gasteiger partial charge on any atom is -0.477 e. The van der Waals surface area contributed by atoms with E-state index in [0.29, 0.717) is 4.48 Å². The molecule has 0 aromatic carbocycles. The van der Waals surface area contributed by atoms with E-state index < -0.39 is 5.97 Å². The van der Waals surface area contributed by atoms with Crippen LogP contribution in [0, 0.1) is 0 Å². The van der Waals surface area contributed by atoms with Gasteiger partial charge in [0.25, 0.3) is 0 Å². The molecule has 3 heteroatoms. The molecule has 0 aliphatic carbocycles. The lowest BCUT2D eigenvalue weighted by Gasteiger charge is -2.27. The summed E-state index contributed by atoms with van der Waals surface area (Å²) in [6, 6.07) is 0. The van der Waals surface area contributed by atoms with Crippen molar-refractivity contribution in [3.8, 4) is 0 Å². The summed E-state index contributed by atoms with van der Waals surface area (Å²) in [7, 11) is 4.03. The van der Waals surface area contributed by atoms with E-state index in [0.717, 1.165) is 13.0 Å². The van der Waals surface area contributed by atoms with Crippen LogP contribution in [0.4, 0.5) is 0 Å². The molecule has 0 heterocycles. The van der Waals surface area contributed by atoms with E-state index in [1.165, 1.54) is 109 Å². The largest absolute Gasteiger partial charge is 0.477 e. The highest BCUT2D eigenvalue weighted by atomic mass is 16.4. The second-order valence-corrected chi connectivity index (χ2v) is 9.22. The van der Waals surface area contributed by atoms with Gasteiger partial charge in [0.1, 0.15) is 0 Å². The van der Waals surface area contributed by atoms with Crippen molar-refractivity contribution >= 4 is 5.97 Å². The molecule has 0 atom stereocenters. The molecule has 0 rings (SSSR count). The molecule has 0 bridgehead atoms. The van der Waals surface area contributed by atoms with Gasteiger partial charge in [-0.1, -0.05) is 110 Å². The number of carbonyl (C=O) groups is 1. The van der Waals surface area contributed by atoms with Crippen LogP contribution in [-0.4, -0.2) is 42.7 Å². The van der Waals surface area contributed by atoms with E-state index in [9.17, 15) is 4.79 Å². The van der Waals surface area contributed by atoms with Crippen LogP contribution in [0.1, 0.15) is 122 Å². The standard InChI is InChI=1S/C24H49NO2/c1-4-5-6-7-8-9-10-11-12-13-14-15-16-17-18-19-20-21-22-25(2,3)23-24(26)27/h4-23H2,1-3H3/p+1. The van der Waals surface area contributed by atoms with Crippen LogP contribution in [0.2, 0.25) is 0 Å². The van der Waals surface area contributed by atoms with Gasteiger partial charge in [-0.05, 0) is 12.8 Å². The van der Waals surface area contributed by atoms with Gasteiger partial charge in [-0.25, -0.2) is 4.79 Å². The molecule has 0 radical (unpaired) electrons. The zero-order valence-electron chi connectivity index (χ0n) is 18.9. The Labute approximate surface area is 170 Å². The summed E-state index contributed by atoms with van der Waals surface area (Å²) in [5, 5.41) is 8.88. The normalized spacial score (nSPS) is 11.8. The van der Waals surface area contributed by atoms with E-state index in [4.69, 9.17) is 5.11 Å². The summed E-state index contributed by atoms with van der Waals surface area (Å²) in [5.41, 5.74) is 0. The molecule has 162 valence electrons. The Kier molecular flexibility index (Phi) is 18.4. The van der Waals surface area contributed by atoms with Crippen molar-refractivity contribution in [2.75, 3.05) is 27.2 Å². The summed E-state index contributed by atoms with van der Waals surface area (Å²) in [5.74, 6) is -0.692. The van der Waals surface area contributed by atoms with Crippen molar-refractivity contribution in [2.24, 2.45) is 0 Å². The third kappa shape index (κ3) is 21.6. The molecule has 0 unspecified atom stereocenters. The Hall–Kier alpha value is -0.570. The summed E-state index contributed by atoms with van der Waals surface area (Å²) >= 11 is 0. The number of unbranched alkanes of at least 4 members (excludes halogenated alkanes) is 17. The van der Waals surface area contributed by atoms with Crippen LogP contribution in [0.15, 0.2) is 0 Å². The number of rotatable bonds is 21. The van der Waals surface area contributed by atoms with Gasteiger partial charge in [-0.15, -0.1) is 0 Å². The van der Waals surface area contributed by atoms with Crippen molar-refractivity contribution in [3.63, 3.8) is 0 Å². The maximum Gasteiger partial charge on any atom is 0.359 e. The predicted molar refractivity (Wildman–Crippen MR) is 118 cm³/mol. The summed E-state index contributed by atoms with van der Waals surface area (Å²) in [6.07, 6.45) is 25.0. The lowest BCUT2D eigenvalue weighted by Crippen LogP contribution is -2.44. The zero-order valence-corrected chi connectivity index (χ0v) is 18.9. The van der Waals surface area contributed by atoms with E-state index in [-0.39, 0.29) is 6.54 Å². The quantitative estimate of drug-likeness (QED) is 0.168. The molecule has 0 saturated heterocycles. The fourth-order valence-corrected chi connectivity index (χ4v) is 3.89. The first-order valence-electron chi connectivity index (χ1n) is 12.0. The molecule has 0 amide bonds. The SMILES string of the molecule is CCCCCCCCCCCCCCCCCCCC[N+](C)(C)CC(=O)O. The van der Waals surface area contributed by atoms with Crippen LogP contribution in [-0.2, 0) is 4.79 Å². The van der Waals surface area contributed by atoms with Crippen LogP contribution in [0.5, 0.6) is 0 Å². The Morgan fingerprint density at radius 3 is 1.19 bits per heavy atom. The Bertz CT molecular complexity index is 328. The van der Waals surface area contributed by atoms with Gasteiger partial charge in [-0.3, -0.25) is 0 Å². The molecule has 3 nitrogen and oxygen atoms in total. The monoisotopic (exact) mass is 384 g/mol. The lowest BCUT2D eigenvalue weighted by atomic mass is 10.0. The molecule has 0 aliphatic rings. The van der Waals surface area contributed by atoms with E-state index >= 15 is 0 Å². The van der Waals surface area contributed by atoms with E-state index in [1.807, 2.05) is 14.1 Å². The highest BCUT2D eigenvalue weighted by Crippen LogP contribution is 2.14. The Morgan fingerprint density at radius 2 is 0.889 bits per heavy atom. The third-order valence-electron chi connectivity index (χ3n) is 5.68. The number of nitrogens with zero attached hydrogens (tertiary/aromatic N) is 1. The molecule has 0 fully saturated rings. The highest BCUT2D eigenvalue weighted by molar-refractivity contribution is 5.67. The Balaban J connectivity index is 3.16. The van der Waals surface area contributed by atoms with Crippen molar-refractivity contribution in [2.45, 2.75) is 122 Å². The highest BCUT2D eigenvalue weighted by Gasteiger charge is 2.18. The fourth-order valence-electron chi connectivity index (χ4n) is 3.89. The van der Waals surface area contributed by atoms with Gasteiger partial charge < -0.3 is 9.59 Å². The number of hydrogen-bond acceptors (Lipinski definition) is 1. The van der Waals surface area contributed by atoms with Crippen molar-refractivity contribution in [1.82, 2.24) is 0 Å². The van der Waals surface area contributed by atoms with Gasteiger partial charge in [-0.2, -0.15) is 0 Å². The molecule has 27 heavy (non-hydrogen) atoms. The van der Waals surface area contributed by atoms with Crippen LogP contribution in [0.25, 0.3) is 0 Å². The number of quaternary nitrogens is 1. The molecular weight excluding hydrogens is 334 g/mol. The number of hydrogen-bond donors (Lipinski definition) is 1. The van der Waals surface area contributed by atoms with E-state index in [2.05, 4.69) is 6.92 Å². The smallest absolute Gasteiger partial charge is 0.359 e. The number of aliphatic carboxylic acids is 1. The van der Waals surface area contributed by atoms with E-state index in [1.54, 1.807) is 0 Å². The van der Waals surface area contributed by atoms with Crippen LogP contribution in [0.3, 0.4) is 0 Å². The van der Waals surface area contributed by atoms with Crippen LogP contribution < -0.4 is 0 Å². The Morgan fingerprint density at radius 1 is 0.593 bits per heavy atom. The number of likely N-dealkylation sites (N-methyl/N-ethyl adjacent to an activating group) is 1. The van der Waals surface area contributed by atoms with Gasteiger partial charge in [0.15, 0.2) is 6.54 Å². The molecule has 0 spiro atoms. The minimum atomic E-state index is -0.692. The second kappa shape index (κ2) is 18.8. The first-order chi connectivity index (χ1) is 13.0. The number of carboxylic acids is 1. The van der Waals surface area contributed by atoms with Crippen LogP contribution >= 0.6 is 0 Å². The molecule has 0 aromatic heterocycles. The lowest BCUT2D eigenvalue weighted by molar-refractivity contribution is -0.883. The van der Waals surface area contributed by atoms with Gasteiger partial charge in [0, 0.05) is 0 Å². The number of carboxylic acid groups (broad SMARTS) is 1. The second-order valence-electron chi connectivity index (χ2n) is 9.22. The van der Waals surface area contributed by atoms with Crippen molar-refractivity contribution < 1.29 is 14.4 Å². The average molecular weight is 385 g/mol. The maximum absolute atomic E-state index is 10.8. The molecule has 0 aliphatic heterocycles. The summed E-state index contributed by atoms with van der Waals surface area (Å²) in [4.78, 5) is 10.8. The average Bonchev–Trinajstić information content (AvgIpc) is 2.59. The maximum atomic E-state index is 10.8. The van der Waals surface area contributed by atoms with Crippen molar-refractivity contribution in [3.05, 3.63) is 0 Å². The van der Waals surface area contributed by atoms with Gasteiger partial charge >= 0.3 is 5.97 Å². The van der Waals surface area contributed by atoms with Gasteiger partial charge in [0.05, 0.1) is 20.6 Å². The molecule has 1 N–H and O–H groups in total. The molecule has 0 aromatic rings. The predicted octanol–water partition coefficient (Wildman–Crippen LogP) is 7.19. The topological polar surface area (TPSA) is 37.3 Å².